The number of rotatable bonds is 4. The Kier molecular flexibility index (Phi) is 3.03. The molecule has 4 atom stereocenters. The Labute approximate surface area is 96.6 Å². The standard InChI is InChI=1S/C11H10O6/c12-4-16-10(14)8-6-1-2-7(3-6)9(8)11(15)17-5-13/h1-2,4-9H,3H2. The third-order valence-electron chi connectivity index (χ3n) is 3.33. The van der Waals surface area contributed by atoms with Crippen LogP contribution in [0.1, 0.15) is 6.42 Å². The number of hydrogen-bond acceptors (Lipinski definition) is 6. The highest BCUT2D eigenvalue weighted by Crippen LogP contribution is 2.48. The third kappa shape index (κ3) is 1.86. The summed E-state index contributed by atoms with van der Waals surface area (Å²) in [5.74, 6) is -3.21. The average Bonchev–Trinajstić information content (AvgIpc) is 2.89. The minimum absolute atomic E-state index is 0.0418. The predicted octanol–water partition coefficient (Wildman–Crippen LogP) is -0.176. The molecule has 1 saturated carbocycles. The zero-order chi connectivity index (χ0) is 12.4. The normalized spacial score (nSPS) is 33.2. The van der Waals surface area contributed by atoms with Gasteiger partial charge in [0.05, 0.1) is 11.8 Å². The summed E-state index contributed by atoms with van der Waals surface area (Å²) in [5.41, 5.74) is 0. The van der Waals surface area contributed by atoms with Crippen LogP contribution in [0.25, 0.3) is 0 Å². The van der Waals surface area contributed by atoms with E-state index in [4.69, 9.17) is 0 Å². The van der Waals surface area contributed by atoms with Gasteiger partial charge in [0, 0.05) is 0 Å². The molecule has 2 aliphatic carbocycles. The molecule has 0 aliphatic heterocycles. The molecule has 6 heteroatoms. The zero-order valence-corrected chi connectivity index (χ0v) is 8.78. The highest BCUT2D eigenvalue weighted by molar-refractivity contribution is 5.88. The third-order valence-corrected chi connectivity index (χ3v) is 3.33. The van der Waals surface area contributed by atoms with Crippen molar-refractivity contribution < 1.29 is 28.7 Å². The maximum atomic E-state index is 11.6. The molecule has 0 aromatic rings. The average molecular weight is 238 g/mol. The van der Waals surface area contributed by atoms with Gasteiger partial charge in [-0.25, -0.2) is 0 Å². The lowest BCUT2D eigenvalue weighted by atomic mass is 9.83. The highest BCUT2D eigenvalue weighted by atomic mass is 16.6. The molecule has 6 nitrogen and oxygen atoms in total. The van der Waals surface area contributed by atoms with Crippen LogP contribution in [0.5, 0.6) is 0 Å². The van der Waals surface area contributed by atoms with E-state index in [1.807, 2.05) is 12.2 Å². The van der Waals surface area contributed by atoms with Crippen molar-refractivity contribution in [2.75, 3.05) is 0 Å². The van der Waals surface area contributed by atoms with Crippen LogP contribution in [0, 0.1) is 23.7 Å². The Morgan fingerprint density at radius 1 is 0.941 bits per heavy atom. The number of allylic oxidation sites excluding steroid dienone is 2. The molecule has 0 aromatic heterocycles. The Bertz CT molecular complexity index is 363. The summed E-state index contributed by atoms with van der Waals surface area (Å²) in [7, 11) is 0. The lowest BCUT2D eigenvalue weighted by Crippen LogP contribution is -2.35. The molecular weight excluding hydrogens is 228 g/mol. The van der Waals surface area contributed by atoms with Crippen LogP contribution in [0.4, 0.5) is 0 Å². The first kappa shape index (κ1) is 11.5. The molecule has 0 saturated heterocycles. The maximum absolute atomic E-state index is 11.6. The number of ether oxygens (including phenoxy) is 2. The van der Waals surface area contributed by atoms with Crippen LogP contribution < -0.4 is 0 Å². The maximum Gasteiger partial charge on any atom is 0.317 e. The van der Waals surface area contributed by atoms with E-state index in [1.165, 1.54) is 0 Å². The van der Waals surface area contributed by atoms with Crippen LogP contribution in [0.15, 0.2) is 12.2 Å². The quantitative estimate of drug-likeness (QED) is 0.292. The number of carbonyl (C=O) groups is 4. The molecule has 0 radical (unpaired) electrons. The summed E-state index contributed by atoms with van der Waals surface area (Å²) >= 11 is 0. The van der Waals surface area contributed by atoms with Crippen LogP contribution in [0.3, 0.4) is 0 Å². The first-order valence-corrected chi connectivity index (χ1v) is 5.15. The molecule has 0 heterocycles. The van der Waals surface area contributed by atoms with Crippen LogP contribution in [-0.4, -0.2) is 24.9 Å². The molecule has 0 amide bonds. The molecule has 2 bridgehead atoms. The summed E-state index contributed by atoms with van der Waals surface area (Å²) in [5, 5.41) is 0. The van der Waals surface area contributed by atoms with Crippen molar-refractivity contribution >= 4 is 24.9 Å². The van der Waals surface area contributed by atoms with Gasteiger partial charge in [-0.05, 0) is 18.3 Å². The minimum atomic E-state index is -0.746. The van der Waals surface area contributed by atoms with Gasteiger partial charge in [0.2, 0.25) is 0 Å². The van der Waals surface area contributed by atoms with Gasteiger partial charge in [-0.3, -0.25) is 19.2 Å². The molecule has 0 spiro atoms. The fourth-order valence-electron chi connectivity index (χ4n) is 2.72. The minimum Gasteiger partial charge on any atom is -0.395 e. The predicted molar refractivity (Wildman–Crippen MR) is 52.0 cm³/mol. The largest absolute Gasteiger partial charge is 0.395 e. The van der Waals surface area contributed by atoms with Gasteiger partial charge in [-0.2, -0.15) is 0 Å². The van der Waals surface area contributed by atoms with E-state index in [-0.39, 0.29) is 24.8 Å². The Morgan fingerprint density at radius 3 is 1.71 bits per heavy atom. The number of fused-ring (bicyclic) bond motifs is 2. The fraction of sp³-hybridized carbons (Fsp3) is 0.455. The summed E-state index contributed by atoms with van der Waals surface area (Å²) in [6.07, 6.45) is 4.29. The van der Waals surface area contributed by atoms with Crippen molar-refractivity contribution in [1.82, 2.24) is 0 Å². The summed E-state index contributed by atoms with van der Waals surface area (Å²) in [6.45, 7) is 0.0836. The van der Waals surface area contributed by atoms with Gasteiger partial charge in [0.15, 0.2) is 0 Å². The molecule has 90 valence electrons. The molecule has 4 unspecified atom stereocenters. The summed E-state index contributed by atoms with van der Waals surface area (Å²) < 4.78 is 8.57. The van der Waals surface area contributed by atoms with Crippen molar-refractivity contribution in [1.29, 1.82) is 0 Å². The van der Waals surface area contributed by atoms with E-state index < -0.39 is 23.8 Å². The lowest BCUT2D eigenvalue weighted by Gasteiger charge is -2.22. The second kappa shape index (κ2) is 4.48. The van der Waals surface area contributed by atoms with Gasteiger partial charge < -0.3 is 9.47 Å². The molecule has 0 aromatic carbocycles. The van der Waals surface area contributed by atoms with Crippen molar-refractivity contribution in [3.8, 4) is 0 Å². The summed E-state index contributed by atoms with van der Waals surface area (Å²) in [6, 6.07) is 0. The molecular formula is C11H10O6. The van der Waals surface area contributed by atoms with Crippen molar-refractivity contribution in [2.24, 2.45) is 23.7 Å². The summed E-state index contributed by atoms with van der Waals surface area (Å²) in [4.78, 5) is 43.4. The monoisotopic (exact) mass is 238 g/mol. The van der Waals surface area contributed by atoms with E-state index in [9.17, 15) is 19.2 Å². The topological polar surface area (TPSA) is 86.7 Å². The fourth-order valence-corrected chi connectivity index (χ4v) is 2.72. The van der Waals surface area contributed by atoms with E-state index in [1.54, 1.807) is 0 Å². The lowest BCUT2D eigenvalue weighted by molar-refractivity contribution is -0.165. The molecule has 2 aliphatic rings. The Balaban J connectivity index is 2.20. The number of carbonyl (C=O) groups excluding carboxylic acids is 4. The van der Waals surface area contributed by atoms with Gasteiger partial charge in [0.1, 0.15) is 0 Å². The first-order valence-electron chi connectivity index (χ1n) is 5.15. The highest BCUT2D eigenvalue weighted by Gasteiger charge is 2.53. The second-order valence-electron chi connectivity index (χ2n) is 4.07. The number of esters is 2. The smallest absolute Gasteiger partial charge is 0.317 e. The van der Waals surface area contributed by atoms with Gasteiger partial charge in [0.25, 0.3) is 0 Å². The van der Waals surface area contributed by atoms with Crippen molar-refractivity contribution in [2.45, 2.75) is 6.42 Å². The van der Waals surface area contributed by atoms with Crippen LogP contribution in [0.2, 0.25) is 0 Å². The molecule has 17 heavy (non-hydrogen) atoms. The van der Waals surface area contributed by atoms with Crippen molar-refractivity contribution in [3.63, 3.8) is 0 Å². The van der Waals surface area contributed by atoms with Gasteiger partial charge >= 0.3 is 24.9 Å². The number of hydrogen-bond donors (Lipinski definition) is 0. The van der Waals surface area contributed by atoms with Crippen LogP contribution in [-0.2, 0) is 28.7 Å². The SMILES string of the molecule is O=COC(=O)C1C2C=CC(C2)C1C(=O)OC=O. The molecule has 1 fully saturated rings. The van der Waals surface area contributed by atoms with E-state index >= 15 is 0 Å². The van der Waals surface area contributed by atoms with Crippen molar-refractivity contribution in [3.05, 3.63) is 12.2 Å². The zero-order valence-electron chi connectivity index (χ0n) is 8.78. The Hall–Kier alpha value is -1.98. The first-order chi connectivity index (χ1) is 8.19. The van der Waals surface area contributed by atoms with E-state index in [2.05, 4.69) is 9.47 Å². The van der Waals surface area contributed by atoms with Gasteiger partial charge in [-0.1, -0.05) is 12.2 Å². The van der Waals surface area contributed by atoms with Gasteiger partial charge in [-0.15, -0.1) is 0 Å². The molecule has 0 N–H and O–H groups in total. The second-order valence-corrected chi connectivity index (χ2v) is 4.07. The van der Waals surface area contributed by atoms with E-state index in [0.717, 1.165) is 0 Å². The van der Waals surface area contributed by atoms with Crippen LogP contribution >= 0.6 is 0 Å². The molecule has 2 rings (SSSR count). The Morgan fingerprint density at radius 2 is 1.35 bits per heavy atom. The van der Waals surface area contributed by atoms with E-state index in [0.29, 0.717) is 6.42 Å².